The molecule has 0 spiro atoms. The molecule has 0 radical (unpaired) electrons. The lowest BCUT2D eigenvalue weighted by atomic mass is 10.7. The van der Waals surface area contributed by atoms with Gasteiger partial charge in [-0.1, -0.05) is 0 Å². The number of nitrogens with zero attached hydrogens (tertiary/aromatic N) is 1. The number of methoxy groups -OCH3 is 1. The van der Waals surface area contributed by atoms with Crippen LogP contribution in [0.15, 0.2) is 0 Å². The van der Waals surface area contributed by atoms with Crippen LogP contribution < -0.4 is 0 Å². The molecule has 4 nitrogen and oxygen atoms in total. The van der Waals surface area contributed by atoms with E-state index in [0.717, 1.165) is 5.06 Å². The minimum Gasteiger partial charge on any atom is -0.451 e. The highest BCUT2D eigenvalue weighted by Gasteiger charge is 2.37. The first-order valence-corrected chi connectivity index (χ1v) is 2.29. The zero-order valence-electron chi connectivity index (χ0n) is 4.75. The fourth-order valence-electron chi connectivity index (χ4n) is 0.419. The van der Waals surface area contributed by atoms with Crippen LogP contribution in [-0.4, -0.2) is 24.5 Å². The molecule has 1 fully saturated rings. The van der Waals surface area contributed by atoms with Gasteiger partial charge in [-0.25, -0.2) is 9.63 Å². The van der Waals surface area contributed by atoms with E-state index in [0.29, 0.717) is 0 Å². The lowest BCUT2D eigenvalue weighted by Crippen LogP contribution is -2.10. The number of carbonyl (C=O) groups is 1. The largest absolute Gasteiger partial charge is 0.451 e. The van der Waals surface area contributed by atoms with E-state index >= 15 is 0 Å². The van der Waals surface area contributed by atoms with Crippen molar-refractivity contribution in [3.63, 3.8) is 0 Å². The highest BCUT2D eigenvalue weighted by atomic mass is 16.9. The van der Waals surface area contributed by atoms with Gasteiger partial charge < -0.3 is 4.74 Å². The van der Waals surface area contributed by atoms with Crippen LogP contribution in [-0.2, 0) is 9.57 Å². The summed E-state index contributed by atoms with van der Waals surface area (Å²) in [6.07, 6.45) is -0.528. The number of carbonyl (C=O) groups excluding carboxylic acids is 1. The van der Waals surface area contributed by atoms with E-state index in [-0.39, 0.29) is 6.23 Å². The number of amides is 1. The van der Waals surface area contributed by atoms with E-state index in [1.165, 1.54) is 7.11 Å². The van der Waals surface area contributed by atoms with Crippen LogP contribution in [0.25, 0.3) is 0 Å². The van der Waals surface area contributed by atoms with Gasteiger partial charge in [0.1, 0.15) is 0 Å². The first-order valence-electron chi connectivity index (χ1n) is 2.29. The first kappa shape index (κ1) is 5.37. The van der Waals surface area contributed by atoms with E-state index in [1.807, 2.05) is 0 Å². The van der Waals surface area contributed by atoms with Crippen LogP contribution in [0.2, 0.25) is 0 Å². The Hall–Kier alpha value is -0.770. The Bertz CT molecular complexity index is 114. The van der Waals surface area contributed by atoms with Crippen molar-refractivity contribution in [2.75, 3.05) is 7.11 Å². The SMILES string of the molecule is COC(=O)N1OC1C. The molecule has 1 rings (SSSR count). The van der Waals surface area contributed by atoms with Crippen LogP contribution in [0, 0.1) is 0 Å². The molecule has 1 heterocycles. The molecule has 0 N–H and O–H groups in total. The maximum atomic E-state index is 10.4. The van der Waals surface area contributed by atoms with Crippen molar-refractivity contribution in [1.82, 2.24) is 5.06 Å². The Morgan fingerprint density at radius 2 is 2.38 bits per heavy atom. The molecular formula is C4H7NO3. The lowest BCUT2D eigenvalue weighted by molar-refractivity contribution is 0.111. The van der Waals surface area contributed by atoms with Gasteiger partial charge in [0, 0.05) is 0 Å². The van der Waals surface area contributed by atoms with E-state index in [1.54, 1.807) is 6.92 Å². The second-order valence-electron chi connectivity index (χ2n) is 1.50. The Labute approximate surface area is 46.9 Å². The van der Waals surface area contributed by atoms with Gasteiger partial charge in [-0.2, -0.15) is 5.06 Å². The quantitative estimate of drug-likeness (QED) is 0.430. The van der Waals surface area contributed by atoms with Gasteiger partial charge in [0.15, 0.2) is 6.23 Å². The van der Waals surface area contributed by atoms with Crippen LogP contribution >= 0.6 is 0 Å². The van der Waals surface area contributed by atoms with Crippen LogP contribution in [0.5, 0.6) is 0 Å². The molecule has 0 aromatic heterocycles. The van der Waals surface area contributed by atoms with Crippen molar-refractivity contribution in [3.05, 3.63) is 0 Å². The van der Waals surface area contributed by atoms with Gasteiger partial charge >= 0.3 is 6.09 Å². The second-order valence-corrected chi connectivity index (χ2v) is 1.50. The molecule has 8 heavy (non-hydrogen) atoms. The molecule has 0 aromatic rings. The summed E-state index contributed by atoms with van der Waals surface area (Å²) in [6.45, 7) is 1.76. The average Bonchev–Trinajstić information content (AvgIpc) is 2.45. The minimum absolute atomic E-state index is 0.0950. The van der Waals surface area contributed by atoms with Crippen molar-refractivity contribution >= 4 is 6.09 Å². The van der Waals surface area contributed by atoms with Crippen molar-refractivity contribution < 1.29 is 14.4 Å². The third-order valence-corrected chi connectivity index (χ3v) is 0.905. The fourth-order valence-corrected chi connectivity index (χ4v) is 0.419. The number of ether oxygens (including phenoxy) is 1. The summed E-state index contributed by atoms with van der Waals surface area (Å²) in [5, 5.41) is 1.15. The smallest absolute Gasteiger partial charge is 0.436 e. The number of hydrogen-bond acceptors (Lipinski definition) is 3. The maximum absolute atomic E-state index is 10.4. The van der Waals surface area contributed by atoms with Crippen LogP contribution in [0.3, 0.4) is 0 Å². The van der Waals surface area contributed by atoms with Crippen molar-refractivity contribution in [2.24, 2.45) is 0 Å². The van der Waals surface area contributed by atoms with Gasteiger partial charge in [0.2, 0.25) is 0 Å². The third-order valence-electron chi connectivity index (χ3n) is 0.905. The Balaban J connectivity index is 2.28. The molecule has 0 aromatic carbocycles. The molecule has 1 unspecified atom stereocenters. The summed E-state index contributed by atoms with van der Waals surface area (Å²) in [6, 6.07) is 0. The standard InChI is InChI=1S/C4H7NO3/c1-3-5(8-3)4(6)7-2/h3H,1-2H3. The molecule has 46 valence electrons. The highest BCUT2D eigenvalue weighted by molar-refractivity contribution is 5.67. The summed E-state index contributed by atoms with van der Waals surface area (Å²) < 4.78 is 4.31. The normalized spacial score (nSPS) is 25.2. The van der Waals surface area contributed by atoms with Crippen molar-refractivity contribution in [3.8, 4) is 0 Å². The summed E-state index contributed by atoms with van der Waals surface area (Å²) in [7, 11) is 1.32. The van der Waals surface area contributed by atoms with Crippen LogP contribution in [0.1, 0.15) is 6.92 Å². The molecule has 1 atom stereocenters. The lowest BCUT2D eigenvalue weighted by Gasteiger charge is -1.91. The summed E-state index contributed by atoms with van der Waals surface area (Å²) in [4.78, 5) is 15.0. The topological polar surface area (TPSA) is 41.8 Å². The van der Waals surface area contributed by atoms with Crippen molar-refractivity contribution in [2.45, 2.75) is 13.2 Å². The number of rotatable bonds is 0. The predicted octanol–water partition coefficient (Wildman–Crippen LogP) is 0.346. The molecule has 1 amide bonds. The monoisotopic (exact) mass is 117 g/mol. The Morgan fingerprint density at radius 1 is 1.88 bits per heavy atom. The van der Waals surface area contributed by atoms with Gasteiger partial charge in [-0.05, 0) is 6.92 Å². The number of hydrogen-bond donors (Lipinski definition) is 0. The summed E-state index contributed by atoms with van der Waals surface area (Å²) in [5.74, 6) is 0. The summed E-state index contributed by atoms with van der Waals surface area (Å²) in [5.41, 5.74) is 0. The first-order chi connectivity index (χ1) is 3.75. The zero-order valence-corrected chi connectivity index (χ0v) is 4.75. The van der Waals surface area contributed by atoms with Gasteiger partial charge in [0.25, 0.3) is 0 Å². The molecular weight excluding hydrogens is 110 g/mol. The predicted molar refractivity (Wildman–Crippen MR) is 24.8 cm³/mol. The molecule has 1 aliphatic rings. The molecule has 0 saturated carbocycles. The fraction of sp³-hybridized carbons (Fsp3) is 0.750. The van der Waals surface area contributed by atoms with Gasteiger partial charge in [0.05, 0.1) is 7.11 Å². The maximum Gasteiger partial charge on any atom is 0.436 e. The van der Waals surface area contributed by atoms with Gasteiger partial charge in [-0.15, -0.1) is 0 Å². The second kappa shape index (κ2) is 1.63. The third kappa shape index (κ3) is 0.742. The molecule has 1 aliphatic heterocycles. The van der Waals surface area contributed by atoms with E-state index in [9.17, 15) is 4.79 Å². The van der Waals surface area contributed by atoms with E-state index in [4.69, 9.17) is 0 Å². The van der Waals surface area contributed by atoms with E-state index < -0.39 is 6.09 Å². The Morgan fingerprint density at radius 3 is 2.50 bits per heavy atom. The summed E-state index contributed by atoms with van der Waals surface area (Å²) >= 11 is 0. The van der Waals surface area contributed by atoms with Crippen molar-refractivity contribution in [1.29, 1.82) is 0 Å². The average molecular weight is 117 g/mol. The molecule has 1 saturated heterocycles. The molecule has 0 aliphatic carbocycles. The zero-order chi connectivity index (χ0) is 6.15. The van der Waals surface area contributed by atoms with Crippen LogP contribution in [0.4, 0.5) is 4.79 Å². The molecule has 0 bridgehead atoms. The number of hydroxylamine groups is 2. The molecule has 4 heteroatoms. The Kier molecular flexibility index (Phi) is 1.09. The van der Waals surface area contributed by atoms with E-state index in [2.05, 4.69) is 9.57 Å². The van der Waals surface area contributed by atoms with Gasteiger partial charge in [-0.3, -0.25) is 0 Å². The highest BCUT2D eigenvalue weighted by Crippen LogP contribution is 2.18. The minimum atomic E-state index is -0.433.